The monoisotopic (exact) mass is 330 g/mol. The topological polar surface area (TPSA) is 61.2 Å². The first kappa shape index (κ1) is 13.9. The largest absolute Gasteiger partial charge is 0.454 e. The number of aromatic nitrogens is 3. The van der Waals surface area contributed by atoms with Crippen LogP contribution in [-0.4, -0.2) is 21.4 Å². The lowest BCUT2D eigenvalue weighted by Gasteiger charge is -2.09. The summed E-state index contributed by atoms with van der Waals surface area (Å²) in [6, 6.07) is 16.0. The van der Waals surface area contributed by atoms with Gasteiger partial charge in [0.25, 0.3) is 0 Å². The Morgan fingerprint density at radius 1 is 1.00 bits per heavy atom. The predicted molar refractivity (Wildman–Crippen MR) is 94.5 cm³/mol. The quantitative estimate of drug-likeness (QED) is 0.620. The number of anilines is 1. The minimum Gasteiger partial charge on any atom is -0.454 e. The summed E-state index contributed by atoms with van der Waals surface area (Å²) in [5.41, 5.74) is 7.25. The van der Waals surface area contributed by atoms with E-state index in [9.17, 15) is 0 Å². The molecule has 0 amide bonds. The fraction of sp³-hybridized carbons (Fsp3) is 0.0526. The molecule has 0 bridgehead atoms. The summed E-state index contributed by atoms with van der Waals surface area (Å²) < 4.78 is 12.7. The molecule has 0 saturated carbocycles. The summed E-state index contributed by atoms with van der Waals surface area (Å²) in [6.07, 6.45) is 5.41. The zero-order chi connectivity index (χ0) is 16.6. The molecule has 0 unspecified atom stereocenters. The van der Waals surface area contributed by atoms with Crippen LogP contribution in [0.1, 0.15) is 0 Å². The van der Waals surface area contributed by atoms with Crippen LogP contribution in [0.5, 0.6) is 11.5 Å². The van der Waals surface area contributed by atoms with Crippen molar-refractivity contribution in [1.82, 2.24) is 14.6 Å². The molecule has 1 N–H and O–H groups in total. The van der Waals surface area contributed by atoms with Crippen LogP contribution in [0.2, 0.25) is 0 Å². The zero-order valence-electron chi connectivity index (χ0n) is 13.2. The maximum atomic E-state index is 5.44. The van der Waals surface area contributed by atoms with Gasteiger partial charge in [-0.2, -0.15) is 0 Å². The maximum Gasteiger partial charge on any atom is 0.231 e. The third-order valence-corrected chi connectivity index (χ3v) is 4.17. The molecule has 6 nitrogen and oxygen atoms in total. The smallest absolute Gasteiger partial charge is 0.231 e. The standard InChI is InChI=1S/C19H14N4O2/c1-2-4-13(5-3-1)16-10-23(19-15(16)9-20-11-21-19)22-14-6-7-17-18(8-14)25-12-24-17/h1-11,22H,12H2. The van der Waals surface area contributed by atoms with Gasteiger partial charge in [0.15, 0.2) is 17.1 Å². The number of nitrogens with one attached hydrogen (secondary N) is 1. The van der Waals surface area contributed by atoms with Crippen molar-refractivity contribution in [3.05, 3.63) is 67.3 Å². The molecule has 0 atom stereocenters. The van der Waals surface area contributed by atoms with Gasteiger partial charge in [-0.3, -0.25) is 5.43 Å². The Labute approximate surface area is 143 Å². The van der Waals surface area contributed by atoms with E-state index >= 15 is 0 Å². The fourth-order valence-electron chi connectivity index (χ4n) is 3.00. The van der Waals surface area contributed by atoms with Gasteiger partial charge < -0.3 is 9.47 Å². The van der Waals surface area contributed by atoms with E-state index in [0.717, 1.165) is 39.3 Å². The molecule has 5 rings (SSSR count). The van der Waals surface area contributed by atoms with Crippen molar-refractivity contribution in [3.8, 4) is 22.6 Å². The van der Waals surface area contributed by atoms with Gasteiger partial charge in [-0.15, -0.1) is 0 Å². The minimum atomic E-state index is 0.261. The summed E-state index contributed by atoms with van der Waals surface area (Å²) in [6.45, 7) is 0.261. The summed E-state index contributed by atoms with van der Waals surface area (Å²) >= 11 is 0. The Bertz CT molecular complexity index is 1060. The van der Waals surface area contributed by atoms with Gasteiger partial charge in [-0.05, 0) is 17.7 Å². The van der Waals surface area contributed by atoms with Gasteiger partial charge in [0.1, 0.15) is 6.33 Å². The summed E-state index contributed by atoms with van der Waals surface area (Å²) in [7, 11) is 0. The molecular formula is C19H14N4O2. The Morgan fingerprint density at radius 3 is 2.80 bits per heavy atom. The molecule has 0 radical (unpaired) electrons. The van der Waals surface area contributed by atoms with Gasteiger partial charge in [-0.1, -0.05) is 30.3 Å². The van der Waals surface area contributed by atoms with Crippen LogP contribution < -0.4 is 14.9 Å². The van der Waals surface area contributed by atoms with Crippen LogP contribution >= 0.6 is 0 Å². The lowest BCUT2D eigenvalue weighted by atomic mass is 10.1. The van der Waals surface area contributed by atoms with Gasteiger partial charge in [0.05, 0.1) is 5.69 Å². The third-order valence-electron chi connectivity index (χ3n) is 4.17. The number of benzene rings is 2. The van der Waals surface area contributed by atoms with E-state index < -0.39 is 0 Å². The van der Waals surface area contributed by atoms with E-state index in [2.05, 4.69) is 27.5 Å². The molecule has 25 heavy (non-hydrogen) atoms. The summed E-state index contributed by atoms with van der Waals surface area (Å²) in [5.74, 6) is 1.49. The highest BCUT2D eigenvalue weighted by Gasteiger charge is 2.15. The average Bonchev–Trinajstić information content (AvgIpc) is 3.27. The lowest BCUT2D eigenvalue weighted by Crippen LogP contribution is -2.08. The second-order valence-electron chi connectivity index (χ2n) is 5.72. The molecule has 1 aliphatic rings. The van der Waals surface area contributed by atoms with Gasteiger partial charge >= 0.3 is 0 Å². The fourth-order valence-corrected chi connectivity index (χ4v) is 3.00. The van der Waals surface area contributed by atoms with Crippen LogP contribution in [0.15, 0.2) is 67.3 Å². The predicted octanol–water partition coefficient (Wildman–Crippen LogP) is 3.70. The van der Waals surface area contributed by atoms with E-state index in [1.807, 2.05) is 53.5 Å². The molecule has 1 aliphatic heterocycles. The molecule has 0 fully saturated rings. The van der Waals surface area contributed by atoms with Crippen LogP contribution in [0.4, 0.5) is 5.69 Å². The first-order valence-corrected chi connectivity index (χ1v) is 7.92. The molecule has 6 heteroatoms. The molecule has 122 valence electrons. The molecule has 4 aromatic rings. The van der Waals surface area contributed by atoms with Crippen molar-refractivity contribution in [2.24, 2.45) is 0 Å². The highest BCUT2D eigenvalue weighted by atomic mass is 16.7. The number of hydrogen-bond donors (Lipinski definition) is 1. The molecule has 0 saturated heterocycles. The van der Waals surface area contributed by atoms with Crippen molar-refractivity contribution in [3.63, 3.8) is 0 Å². The molecular weight excluding hydrogens is 316 g/mol. The van der Waals surface area contributed by atoms with E-state index in [4.69, 9.17) is 9.47 Å². The van der Waals surface area contributed by atoms with Gasteiger partial charge in [0, 0.05) is 29.4 Å². The second-order valence-corrected chi connectivity index (χ2v) is 5.72. The van der Waals surface area contributed by atoms with Crippen LogP contribution in [-0.2, 0) is 0 Å². The number of nitrogens with zero attached hydrogens (tertiary/aromatic N) is 3. The normalized spacial score (nSPS) is 12.5. The van der Waals surface area contributed by atoms with Gasteiger partial charge in [-0.25, -0.2) is 14.6 Å². The molecule has 0 spiro atoms. The Morgan fingerprint density at radius 2 is 1.88 bits per heavy atom. The van der Waals surface area contributed by atoms with Crippen molar-refractivity contribution < 1.29 is 9.47 Å². The molecule has 0 aliphatic carbocycles. The highest BCUT2D eigenvalue weighted by molar-refractivity contribution is 5.93. The van der Waals surface area contributed by atoms with Crippen molar-refractivity contribution >= 4 is 16.7 Å². The summed E-state index contributed by atoms with van der Waals surface area (Å²) in [5, 5.41) is 0.988. The average molecular weight is 330 g/mol. The van der Waals surface area contributed by atoms with E-state index in [1.54, 1.807) is 6.33 Å². The molecule has 2 aromatic heterocycles. The highest BCUT2D eigenvalue weighted by Crippen LogP contribution is 2.35. The second kappa shape index (κ2) is 5.52. The first-order chi connectivity index (χ1) is 12.4. The first-order valence-electron chi connectivity index (χ1n) is 7.92. The van der Waals surface area contributed by atoms with E-state index in [1.165, 1.54) is 0 Å². The maximum absolute atomic E-state index is 5.44. The molecule has 3 heterocycles. The summed E-state index contributed by atoms with van der Waals surface area (Å²) in [4.78, 5) is 8.61. The number of fused-ring (bicyclic) bond motifs is 2. The molecule has 2 aromatic carbocycles. The Hall–Kier alpha value is -3.54. The lowest BCUT2D eigenvalue weighted by molar-refractivity contribution is 0.174. The van der Waals surface area contributed by atoms with Crippen molar-refractivity contribution in [1.29, 1.82) is 0 Å². The van der Waals surface area contributed by atoms with E-state index in [0.29, 0.717) is 0 Å². The SMILES string of the molecule is c1ccc(-c2cn(Nc3ccc4c(c3)OCO4)c3ncncc23)cc1. The van der Waals surface area contributed by atoms with Crippen molar-refractivity contribution in [2.75, 3.05) is 12.2 Å². The third kappa shape index (κ3) is 2.35. The van der Waals surface area contributed by atoms with Crippen LogP contribution in [0.3, 0.4) is 0 Å². The minimum absolute atomic E-state index is 0.261. The van der Waals surface area contributed by atoms with Gasteiger partial charge in [0.2, 0.25) is 6.79 Å². The number of hydrogen-bond acceptors (Lipinski definition) is 5. The Balaban J connectivity index is 1.60. The Kier molecular flexibility index (Phi) is 3.06. The number of ether oxygens (including phenoxy) is 2. The zero-order valence-corrected chi connectivity index (χ0v) is 13.2. The van der Waals surface area contributed by atoms with E-state index in [-0.39, 0.29) is 6.79 Å². The number of rotatable bonds is 3. The van der Waals surface area contributed by atoms with Crippen LogP contribution in [0.25, 0.3) is 22.2 Å². The van der Waals surface area contributed by atoms with Crippen molar-refractivity contribution in [2.45, 2.75) is 0 Å². The van der Waals surface area contributed by atoms with Crippen LogP contribution in [0, 0.1) is 0 Å².